The van der Waals surface area contributed by atoms with E-state index < -0.39 is 0 Å². The molecule has 4 aliphatic heterocycles. The maximum absolute atomic E-state index is 6.61. The molecular weight excluding hydrogens is 586 g/mol. The van der Waals surface area contributed by atoms with Crippen molar-refractivity contribution in [1.29, 1.82) is 0 Å². The molecule has 0 saturated carbocycles. The van der Waals surface area contributed by atoms with Crippen LogP contribution in [-0.4, -0.2) is 22.6 Å². The Morgan fingerprint density at radius 3 is 1.73 bits per heavy atom. The molecule has 0 fully saturated rings. The molecule has 0 amide bonds. The average molecular weight is 608 g/mol. The van der Waals surface area contributed by atoms with Crippen LogP contribution in [0.4, 0.5) is 0 Å². The third-order valence-electron chi connectivity index (χ3n) is 11.4. The van der Waals surface area contributed by atoms with Gasteiger partial charge in [-0.2, -0.15) is 0 Å². The van der Waals surface area contributed by atoms with Crippen LogP contribution < -0.4 is 42.3 Å². The molecule has 7 aromatic carbocycles. The maximum Gasteiger partial charge on any atom is 0.256 e. The smallest absolute Gasteiger partial charge is 0.256 e. The summed E-state index contributed by atoms with van der Waals surface area (Å²) in [5, 5.41) is 5.09. The molecule has 0 atom stereocenters. The second kappa shape index (κ2) is 8.04. The maximum atomic E-state index is 6.61. The van der Waals surface area contributed by atoms with E-state index in [1.807, 2.05) is 0 Å². The van der Waals surface area contributed by atoms with Crippen LogP contribution in [0.3, 0.4) is 0 Å². The second-order valence-electron chi connectivity index (χ2n) is 13.6. The first kappa shape index (κ1) is 24.1. The largest absolute Gasteiger partial charge is 0.458 e. The Balaban J connectivity index is 1.20. The lowest BCUT2D eigenvalue weighted by atomic mass is 9.34. The summed E-state index contributed by atoms with van der Waals surface area (Å²) in [6.45, 7) is 0.240. The first-order valence-electron chi connectivity index (χ1n) is 16.7. The minimum atomic E-state index is 0.120. The van der Waals surface area contributed by atoms with Gasteiger partial charge in [-0.3, -0.25) is 0 Å². The van der Waals surface area contributed by atoms with Crippen LogP contribution in [-0.2, 0) is 0 Å². The van der Waals surface area contributed by atoms with Gasteiger partial charge in [-0.15, -0.1) is 0 Å². The van der Waals surface area contributed by atoms with Crippen LogP contribution >= 0.6 is 0 Å². The van der Waals surface area contributed by atoms with Gasteiger partial charge >= 0.3 is 0 Å². The molecule has 0 saturated heterocycles. The van der Waals surface area contributed by atoms with Gasteiger partial charge in [0, 0.05) is 38.4 Å². The molecule has 0 aliphatic carbocycles. The van der Waals surface area contributed by atoms with Crippen LogP contribution in [0.1, 0.15) is 0 Å². The highest BCUT2D eigenvalue weighted by Crippen LogP contribution is 2.43. The van der Waals surface area contributed by atoms with E-state index in [9.17, 15) is 0 Å². The van der Waals surface area contributed by atoms with Gasteiger partial charge in [-0.25, -0.2) is 0 Å². The van der Waals surface area contributed by atoms with E-state index in [0.29, 0.717) is 0 Å². The van der Waals surface area contributed by atoms with Crippen LogP contribution in [0.2, 0.25) is 0 Å². The molecule has 4 aliphatic rings. The molecule has 13 rings (SSSR count). The predicted octanol–water partition coefficient (Wildman–Crippen LogP) is 5.75. The SMILES string of the molecule is c1ccc2c(c1)Oc1cccc3c1B2c1cccc2c4cc5c6ccc7c8c6n(c5cc4n-3c12)-c1ccccc1B8c1ccccc1O7. The lowest BCUT2D eigenvalue weighted by Crippen LogP contribution is -2.58. The standard InChI is InChI=1S/C42H22B2N2O2/c1-4-14-31-27(10-1)43-28-11-2-5-16-35(28)48-38-20-19-24-26-21-25-23-9-7-13-30-41(23)46(34(25)22-33(26)45(31)42(24)40(38)43)32-15-8-18-37-39(32)44(30)29-12-3-6-17-36(29)47-37/h1-22H. The number of hydrogen-bond acceptors (Lipinski definition) is 2. The lowest BCUT2D eigenvalue weighted by molar-refractivity contribution is 0.487. The van der Waals surface area contributed by atoms with E-state index in [1.165, 1.54) is 87.8 Å². The molecule has 6 heteroatoms. The van der Waals surface area contributed by atoms with E-state index in [0.717, 1.165) is 23.0 Å². The number of benzene rings is 7. The molecule has 0 unspecified atom stereocenters. The van der Waals surface area contributed by atoms with Gasteiger partial charge < -0.3 is 18.6 Å². The van der Waals surface area contributed by atoms with Crippen molar-refractivity contribution in [3.63, 3.8) is 0 Å². The third-order valence-corrected chi connectivity index (χ3v) is 11.4. The van der Waals surface area contributed by atoms with Crippen molar-refractivity contribution < 1.29 is 9.47 Å². The van der Waals surface area contributed by atoms with Gasteiger partial charge in [0.2, 0.25) is 0 Å². The molecule has 6 heterocycles. The van der Waals surface area contributed by atoms with Crippen molar-refractivity contribution in [2.45, 2.75) is 0 Å². The summed E-state index contributed by atoms with van der Waals surface area (Å²) < 4.78 is 18.2. The zero-order valence-electron chi connectivity index (χ0n) is 25.6. The number of para-hydroxylation sites is 4. The number of fused-ring (bicyclic) bond motifs is 15. The molecule has 4 nitrogen and oxygen atoms in total. The second-order valence-corrected chi connectivity index (χ2v) is 13.6. The minimum Gasteiger partial charge on any atom is -0.458 e. The van der Waals surface area contributed by atoms with E-state index in [-0.39, 0.29) is 13.4 Å². The number of nitrogens with zero attached hydrogens (tertiary/aromatic N) is 2. The molecule has 0 N–H and O–H groups in total. The summed E-state index contributed by atoms with van der Waals surface area (Å²) in [6.07, 6.45) is 0. The van der Waals surface area contributed by atoms with Gasteiger partial charge in [0.1, 0.15) is 23.0 Å². The van der Waals surface area contributed by atoms with Crippen molar-refractivity contribution in [2.75, 3.05) is 0 Å². The predicted molar refractivity (Wildman–Crippen MR) is 197 cm³/mol. The highest BCUT2D eigenvalue weighted by molar-refractivity contribution is 7.00. The Bertz CT molecular complexity index is 2990. The highest BCUT2D eigenvalue weighted by Gasteiger charge is 2.42. The molecular formula is C42H22B2N2O2. The van der Waals surface area contributed by atoms with Gasteiger partial charge in [-0.05, 0) is 87.4 Å². The van der Waals surface area contributed by atoms with Crippen LogP contribution in [0.25, 0.3) is 55.0 Å². The molecule has 0 bridgehead atoms. The number of aromatic nitrogens is 2. The Morgan fingerprint density at radius 1 is 0.375 bits per heavy atom. The lowest BCUT2D eigenvalue weighted by Gasteiger charge is -2.33. The molecule has 48 heavy (non-hydrogen) atoms. The van der Waals surface area contributed by atoms with Crippen LogP contribution in [0, 0.1) is 0 Å². The van der Waals surface area contributed by atoms with Crippen LogP contribution in [0.15, 0.2) is 133 Å². The Hall–Kier alpha value is -6.13. The van der Waals surface area contributed by atoms with E-state index in [2.05, 4.69) is 143 Å². The van der Waals surface area contributed by atoms with Crippen LogP contribution in [0.5, 0.6) is 23.0 Å². The molecule has 0 radical (unpaired) electrons. The van der Waals surface area contributed by atoms with E-state index in [1.54, 1.807) is 0 Å². The Morgan fingerprint density at radius 2 is 0.938 bits per heavy atom. The van der Waals surface area contributed by atoms with Crippen molar-refractivity contribution >= 4 is 89.8 Å². The zero-order chi connectivity index (χ0) is 30.8. The quantitative estimate of drug-likeness (QED) is 0.205. The van der Waals surface area contributed by atoms with Gasteiger partial charge in [0.25, 0.3) is 13.4 Å². The fourth-order valence-corrected chi connectivity index (χ4v) is 9.66. The van der Waals surface area contributed by atoms with Crippen molar-refractivity contribution in [2.24, 2.45) is 0 Å². The van der Waals surface area contributed by atoms with Gasteiger partial charge in [0.05, 0.1) is 16.6 Å². The summed E-state index contributed by atoms with van der Waals surface area (Å²) in [5.74, 6) is 3.78. The van der Waals surface area contributed by atoms with Gasteiger partial charge in [0.15, 0.2) is 0 Å². The number of ether oxygens (including phenoxy) is 2. The van der Waals surface area contributed by atoms with Gasteiger partial charge in [-0.1, -0.05) is 78.9 Å². The number of rotatable bonds is 0. The van der Waals surface area contributed by atoms with Crippen molar-refractivity contribution in [3.05, 3.63) is 133 Å². The summed E-state index contributed by atoms with van der Waals surface area (Å²) >= 11 is 0. The first-order valence-corrected chi connectivity index (χ1v) is 16.7. The summed E-state index contributed by atoms with van der Waals surface area (Å²) in [5.41, 5.74) is 15.0. The van der Waals surface area contributed by atoms with E-state index in [4.69, 9.17) is 9.47 Å². The van der Waals surface area contributed by atoms with Crippen molar-refractivity contribution in [3.8, 4) is 34.4 Å². The first-order chi connectivity index (χ1) is 23.8. The minimum absolute atomic E-state index is 0.120. The third kappa shape index (κ3) is 2.61. The molecule has 0 spiro atoms. The topological polar surface area (TPSA) is 28.3 Å². The monoisotopic (exact) mass is 608 g/mol. The molecule has 2 aromatic heterocycles. The van der Waals surface area contributed by atoms with E-state index >= 15 is 0 Å². The summed E-state index contributed by atoms with van der Waals surface area (Å²) in [7, 11) is 0. The molecule has 9 aromatic rings. The fourth-order valence-electron chi connectivity index (χ4n) is 9.66. The highest BCUT2D eigenvalue weighted by atomic mass is 16.5. The fraction of sp³-hybridized carbons (Fsp3) is 0. The molecule has 218 valence electrons. The summed E-state index contributed by atoms with van der Waals surface area (Å²) in [4.78, 5) is 0. The zero-order valence-corrected chi connectivity index (χ0v) is 25.6. The summed E-state index contributed by atoms with van der Waals surface area (Å²) in [6, 6.07) is 48.7. The Labute approximate surface area is 275 Å². The van der Waals surface area contributed by atoms with Crippen molar-refractivity contribution in [1.82, 2.24) is 9.13 Å². The normalized spacial score (nSPS) is 14.1. The Kier molecular flexibility index (Phi) is 4.04. The number of hydrogen-bond donors (Lipinski definition) is 0. The average Bonchev–Trinajstić information content (AvgIpc) is 3.64.